The maximum absolute atomic E-state index is 3.89. The van der Waals surface area contributed by atoms with E-state index in [0.717, 1.165) is 4.47 Å². The van der Waals surface area contributed by atoms with E-state index in [4.69, 9.17) is 0 Å². The highest BCUT2D eigenvalue weighted by Crippen LogP contribution is 2.39. The quantitative estimate of drug-likeness (QED) is 0.417. The molecule has 0 spiro atoms. The molecule has 0 saturated carbocycles. The predicted octanol–water partition coefficient (Wildman–Crippen LogP) is 6.70. The molecule has 1 unspecified atom stereocenters. The first-order valence-corrected chi connectivity index (χ1v) is 8.67. The minimum Gasteiger partial charge on any atom is -0.0786 e. The summed E-state index contributed by atoms with van der Waals surface area (Å²) in [5.41, 5.74) is 5.16. The van der Waals surface area contributed by atoms with Gasteiger partial charge in [-0.25, -0.2) is 0 Å². The number of fused-ring (bicyclic) bond motifs is 1. The van der Waals surface area contributed by atoms with Gasteiger partial charge in [0, 0.05) is 4.47 Å². The van der Waals surface area contributed by atoms with Crippen molar-refractivity contribution in [3.8, 4) is 0 Å². The molecule has 3 aromatic carbocycles. The molecule has 2 heteroatoms. The summed E-state index contributed by atoms with van der Waals surface area (Å²) >= 11 is 7.57. The van der Waals surface area contributed by atoms with Gasteiger partial charge in [0.15, 0.2) is 0 Å². The lowest BCUT2D eigenvalue weighted by molar-refractivity contribution is 1.17. The van der Waals surface area contributed by atoms with Crippen molar-refractivity contribution in [1.82, 2.24) is 0 Å². The summed E-state index contributed by atoms with van der Waals surface area (Å²) in [7, 11) is 0. The number of halogens is 2. The van der Waals surface area contributed by atoms with Crippen LogP contribution in [0.25, 0.3) is 10.8 Å². The molecule has 0 amide bonds. The van der Waals surface area contributed by atoms with Crippen LogP contribution in [0.1, 0.15) is 27.1 Å². The average Bonchev–Trinajstić information content (AvgIpc) is 2.50. The van der Waals surface area contributed by atoms with Crippen LogP contribution in [0.15, 0.2) is 59.1 Å². The Morgan fingerprint density at radius 2 is 1.52 bits per heavy atom. The smallest absolute Gasteiger partial charge is 0.0661 e. The minimum atomic E-state index is 0.178. The molecule has 3 rings (SSSR count). The standard InChI is InChI=1S/C19H16Br2/c1-12-7-10-18(20)17(11-12)19(21)16-9-8-13(2)14-5-3-4-6-15(14)16/h3-11,19H,1-2H3. The Labute approximate surface area is 142 Å². The lowest BCUT2D eigenvalue weighted by Gasteiger charge is -2.17. The van der Waals surface area contributed by atoms with Crippen molar-refractivity contribution in [3.05, 3.63) is 81.3 Å². The maximum Gasteiger partial charge on any atom is 0.0661 e. The van der Waals surface area contributed by atoms with E-state index in [1.54, 1.807) is 0 Å². The molecular weight excluding hydrogens is 388 g/mol. The van der Waals surface area contributed by atoms with Crippen LogP contribution in [0, 0.1) is 13.8 Å². The van der Waals surface area contributed by atoms with Crippen LogP contribution in [0.4, 0.5) is 0 Å². The number of alkyl halides is 1. The lowest BCUT2D eigenvalue weighted by atomic mass is 9.95. The number of benzene rings is 3. The van der Waals surface area contributed by atoms with E-state index in [0.29, 0.717) is 0 Å². The Morgan fingerprint density at radius 1 is 0.810 bits per heavy atom. The van der Waals surface area contributed by atoms with Gasteiger partial charge in [0.05, 0.1) is 4.83 Å². The third-order valence-electron chi connectivity index (χ3n) is 3.87. The first kappa shape index (κ1) is 14.8. The average molecular weight is 404 g/mol. The summed E-state index contributed by atoms with van der Waals surface area (Å²) in [6.07, 6.45) is 0. The minimum absolute atomic E-state index is 0.178. The van der Waals surface area contributed by atoms with Gasteiger partial charge in [-0.15, -0.1) is 0 Å². The molecule has 21 heavy (non-hydrogen) atoms. The van der Waals surface area contributed by atoms with Crippen LogP contribution >= 0.6 is 31.9 Å². The number of hydrogen-bond donors (Lipinski definition) is 0. The van der Waals surface area contributed by atoms with Crippen molar-refractivity contribution >= 4 is 42.6 Å². The van der Waals surface area contributed by atoms with Crippen LogP contribution in [-0.2, 0) is 0 Å². The summed E-state index contributed by atoms with van der Waals surface area (Å²) < 4.78 is 1.14. The molecule has 106 valence electrons. The van der Waals surface area contributed by atoms with Gasteiger partial charge in [-0.2, -0.15) is 0 Å². The second kappa shape index (κ2) is 5.94. The molecule has 0 aliphatic heterocycles. The van der Waals surface area contributed by atoms with Crippen LogP contribution < -0.4 is 0 Å². The molecule has 0 heterocycles. The second-order valence-electron chi connectivity index (χ2n) is 5.40. The van der Waals surface area contributed by atoms with Gasteiger partial charge in [-0.3, -0.25) is 0 Å². The predicted molar refractivity (Wildman–Crippen MR) is 98.3 cm³/mol. The van der Waals surface area contributed by atoms with Crippen LogP contribution in [-0.4, -0.2) is 0 Å². The molecule has 0 aliphatic carbocycles. The zero-order valence-corrected chi connectivity index (χ0v) is 15.2. The van der Waals surface area contributed by atoms with Crippen LogP contribution in [0.2, 0.25) is 0 Å². The highest BCUT2D eigenvalue weighted by molar-refractivity contribution is 9.11. The Hall–Kier alpha value is -1.12. The summed E-state index contributed by atoms with van der Waals surface area (Å²) in [6, 6.07) is 19.5. The second-order valence-corrected chi connectivity index (χ2v) is 7.17. The molecular formula is C19H16Br2. The monoisotopic (exact) mass is 402 g/mol. The Morgan fingerprint density at radius 3 is 2.29 bits per heavy atom. The van der Waals surface area contributed by atoms with E-state index in [9.17, 15) is 0 Å². The lowest BCUT2D eigenvalue weighted by Crippen LogP contribution is -1.97. The van der Waals surface area contributed by atoms with E-state index in [-0.39, 0.29) is 4.83 Å². The molecule has 0 aliphatic rings. The molecule has 0 saturated heterocycles. The van der Waals surface area contributed by atoms with Gasteiger partial charge >= 0.3 is 0 Å². The number of rotatable bonds is 2. The van der Waals surface area contributed by atoms with Crippen molar-refractivity contribution in [2.75, 3.05) is 0 Å². The molecule has 0 aromatic heterocycles. The fraction of sp³-hybridized carbons (Fsp3) is 0.158. The third kappa shape index (κ3) is 2.79. The van der Waals surface area contributed by atoms with Gasteiger partial charge in [0.25, 0.3) is 0 Å². The van der Waals surface area contributed by atoms with Gasteiger partial charge in [-0.05, 0) is 47.4 Å². The SMILES string of the molecule is Cc1ccc(Br)c(C(Br)c2ccc(C)c3ccccc23)c1. The van der Waals surface area contributed by atoms with Crippen molar-refractivity contribution in [1.29, 1.82) is 0 Å². The maximum atomic E-state index is 3.89. The fourth-order valence-electron chi connectivity index (χ4n) is 2.72. The number of hydrogen-bond acceptors (Lipinski definition) is 0. The van der Waals surface area contributed by atoms with Gasteiger partial charge in [-0.1, -0.05) is 86.0 Å². The number of aryl methyl sites for hydroxylation is 2. The van der Waals surface area contributed by atoms with Crippen molar-refractivity contribution in [2.24, 2.45) is 0 Å². The Bertz CT molecular complexity index is 806. The Kier molecular flexibility index (Phi) is 4.19. The normalized spacial score (nSPS) is 12.6. The summed E-state index contributed by atoms with van der Waals surface area (Å²) in [5.74, 6) is 0. The topological polar surface area (TPSA) is 0 Å². The zero-order chi connectivity index (χ0) is 15.0. The van der Waals surface area contributed by atoms with Crippen molar-refractivity contribution in [3.63, 3.8) is 0 Å². The summed E-state index contributed by atoms with van der Waals surface area (Å²) in [5, 5.41) is 2.64. The molecule has 1 atom stereocenters. The van der Waals surface area contributed by atoms with E-state index < -0.39 is 0 Å². The van der Waals surface area contributed by atoms with Crippen molar-refractivity contribution in [2.45, 2.75) is 18.7 Å². The summed E-state index contributed by atoms with van der Waals surface area (Å²) in [4.78, 5) is 0.178. The van der Waals surface area contributed by atoms with Crippen LogP contribution in [0.3, 0.4) is 0 Å². The molecule has 0 nitrogen and oxygen atoms in total. The van der Waals surface area contributed by atoms with Gasteiger partial charge in [0.1, 0.15) is 0 Å². The first-order chi connectivity index (χ1) is 10.1. The third-order valence-corrected chi connectivity index (χ3v) is 5.58. The van der Waals surface area contributed by atoms with Crippen molar-refractivity contribution < 1.29 is 0 Å². The highest BCUT2D eigenvalue weighted by atomic mass is 79.9. The van der Waals surface area contributed by atoms with Gasteiger partial charge < -0.3 is 0 Å². The molecule has 0 fully saturated rings. The van der Waals surface area contributed by atoms with Crippen LogP contribution in [0.5, 0.6) is 0 Å². The van der Waals surface area contributed by atoms with E-state index in [2.05, 4.69) is 100 Å². The van der Waals surface area contributed by atoms with E-state index >= 15 is 0 Å². The highest BCUT2D eigenvalue weighted by Gasteiger charge is 2.16. The zero-order valence-electron chi connectivity index (χ0n) is 12.0. The Balaban J connectivity index is 2.20. The molecule has 0 N–H and O–H groups in total. The first-order valence-electron chi connectivity index (χ1n) is 6.96. The summed E-state index contributed by atoms with van der Waals surface area (Å²) in [6.45, 7) is 4.29. The van der Waals surface area contributed by atoms with E-state index in [1.165, 1.54) is 33.0 Å². The molecule has 0 bridgehead atoms. The van der Waals surface area contributed by atoms with Gasteiger partial charge in [0.2, 0.25) is 0 Å². The molecule has 0 radical (unpaired) electrons. The van der Waals surface area contributed by atoms with E-state index in [1.807, 2.05) is 0 Å². The molecule has 3 aromatic rings. The fourth-order valence-corrected chi connectivity index (χ4v) is 4.28. The largest absolute Gasteiger partial charge is 0.0786 e.